The number of hydrogen-bond donors (Lipinski definition) is 0. The number of anilines is 6. The van der Waals surface area contributed by atoms with Crippen molar-refractivity contribution < 1.29 is 4.42 Å². The summed E-state index contributed by atoms with van der Waals surface area (Å²) >= 11 is 0. The summed E-state index contributed by atoms with van der Waals surface area (Å²) in [6, 6.07) is 52.0. The topological polar surface area (TPSA) is 45.4 Å². The molecule has 0 saturated carbocycles. The van der Waals surface area contributed by atoms with Crippen LogP contribution in [0.4, 0.5) is 34.1 Å². The van der Waals surface area contributed by atoms with Crippen molar-refractivity contribution in [2.24, 2.45) is 0 Å². The lowest BCUT2D eigenvalue weighted by Crippen LogP contribution is -2.19. The van der Waals surface area contributed by atoms with Gasteiger partial charge in [-0.25, -0.2) is 0 Å². The van der Waals surface area contributed by atoms with Gasteiger partial charge in [-0.2, -0.15) is 20.1 Å². The second kappa shape index (κ2) is 11.2. The van der Waals surface area contributed by atoms with Crippen LogP contribution in [-0.4, -0.2) is 35.2 Å². The minimum Gasteiger partial charge on any atom is -0.416 e. The van der Waals surface area contributed by atoms with Gasteiger partial charge in [0.2, 0.25) is 11.8 Å². The van der Waals surface area contributed by atoms with Crippen molar-refractivity contribution in [1.82, 2.24) is 10.2 Å². The van der Waals surface area contributed by atoms with E-state index in [1.54, 1.807) is 0 Å². The number of fused-ring (bicyclic) bond motifs is 4. The molecule has 0 aliphatic carbocycles. The van der Waals surface area contributed by atoms with Gasteiger partial charge in [0.05, 0.1) is 22.7 Å². The van der Waals surface area contributed by atoms with Gasteiger partial charge >= 0.3 is 0 Å². The zero-order valence-electron chi connectivity index (χ0n) is 27.9. The molecule has 0 saturated heterocycles. The fourth-order valence-corrected chi connectivity index (χ4v) is 12.2. The van der Waals surface area contributed by atoms with Crippen molar-refractivity contribution in [1.29, 1.82) is 0 Å². The number of hydrogen-bond acceptors (Lipinski definition) is 5. The Kier molecular flexibility index (Phi) is 6.80. The molecule has 0 fully saturated rings. The predicted molar refractivity (Wildman–Crippen MR) is 206 cm³/mol. The highest BCUT2D eigenvalue weighted by atomic mass is 32.3. The van der Waals surface area contributed by atoms with Crippen LogP contribution < -0.4 is 9.80 Å². The Morgan fingerprint density at radius 3 is 0.980 bits per heavy atom. The highest BCUT2D eigenvalue weighted by Gasteiger charge is 2.34. The second-order valence-electron chi connectivity index (χ2n) is 13.2. The molecule has 7 aromatic rings. The number of rotatable bonds is 4. The first-order chi connectivity index (χ1) is 23.8. The van der Waals surface area contributed by atoms with E-state index in [0.29, 0.717) is 11.8 Å². The molecule has 0 spiro atoms. The van der Waals surface area contributed by atoms with Crippen molar-refractivity contribution in [2.45, 2.75) is 19.6 Å². The molecule has 9 rings (SSSR count). The molecule has 2 aliphatic rings. The van der Waals surface area contributed by atoms with Crippen LogP contribution in [-0.2, 0) is 0 Å². The third-order valence-corrected chi connectivity index (χ3v) is 15.6. The summed E-state index contributed by atoms with van der Waals surface area (Å²) in [6.07, 6.45) is 9.55. The Balaban J connectivity index is 1.01. The highest BCUT2D eigenvalue weighted by molar-refractivity contribution is 8.33. The third-order valence-electron chi connectivity index (χ3n) is 9.79. The molecule has 242 valence electrons. The monoisotopic (exact) mass is 676 g/mol. The van der Waals surface area contributed by atoms with Gasteiger partial charge in [-0.05, 0) is 122 Å². The van der Waals surface area contributed by atoms with Gasteiger partial charge in [-0.3, -0.25) is 0 Å². The highest BCUT2D eigenvalue weighted by Crippen LogP contribution is 2.68. The summed E-state index contributed by atoms with van der Waals surface area (Å²) < 4.78 is 6.26. The Bertz CT molecular complexity index is 2100. The fourth-order valence-electron chi connectivity index (χ4n) is 7.31. The van der Waals surface area contributed by atoms with E-state index in [0.717, 1.165) is 22.5 Å². The Morgan fingerprint density at radius 2 is 0.673 bits per heavy atom. The van der Waals surface area contributed by atoms with Crippen molar-refractivity contribution >= 4 is 54.2 Å². The van der Waals surface area contributed by atoms with E-state index in [1.807, 2.05) is 0 Å². The quantitative estimate of drug-likeness (QED) is 0.186. The molecule has 6 aromatic carbocycles. The normalized spacial score (nSPS) is 16.5. The van der Waals surface area contributed by atoms with E-state index in [1.165, 1.54) is 42.3 Å². The summed E-state index contributed by atoms with van der Waals surface area (Å²) in [7, 11) is -2.27. The molecule has 0 radical (unpaired) electrons. The summed E-state index contributed by atoms with van der Waals surface area (Å²) in [5.41, 5.74) is 8.90. The Morgan fingerprint density at radius 1 is 0.388 bits per heavy atom. The van der Waals surface area contributed by atoms with Crippen molar-refractivity contribution in [3.63, 3.8) is 0 Å². The first-order valence-electron chi connectivity index (χ1n) is 16.3. The van der Waals surface area contributed by atoms with Crippen LogP contribution in [0.3, 0.4) is 0 Å². The molecule has 0 bridgehead atoms. The lowest BCUT2D eigenvalue weighted by molar-refractivity contribution is 0.584. The van der Waals surface area contributed by atoms with E-state index in [4.69, 9.17) is 4.42 Å². The first-order valence-corrected chi connectivity index (χ1v) is 21.2. The molecular formula is C42H36N4OS2. The maximum atomic E-state index is 6.26. The SMILES string of the molecule is CS1(C)c2ccccc2N(c2ccc(-c3nnc(-c4ccc(N5c6ccccc6S(C)(C)c6ccccc65)cc4)o3)cc2)c2ccccc21. The third kappa shape index (κ3) is 4.64. The van der Waals surface area contributed by atoms with Crippen LogP contribution in [0.2, 0.25) is 0 Å². The molecular weight excluding hydrogens is 641 g/mol. The summed E-state index contributed by atoms with van der Waals surface area (Å²) in [4.78, 5) is 10.3. The fraction of sp³-hybridized carbons (Fsp3) is 0.0952. The van der Waals surface area contributed by atoms with Crippen molar-refractivity contribution in [3.05, 3.63) is 146 Å². The average molecular weight is 677 g/mol. The van der Waals surface area contributed by atoms with Crippen LogP contribution >= 0.6 is 20.1 Å². The van der Waals surface area contributed by atoms with Crippen LogP contribution in [0.5, 0.6) is 0 Å². The molecule has 0 N–H and O–H groups in total. The Labute approximate surface area is 290 Å². The lowest BCUT2D eigenvalue weighted by atomic mass is 10.1. The van der Waals surface area contributed by atoms with E-state index in [2.05, 4.69) is 191 Å². The molecule has 49 heavy (non-hydrogen) atoms. The van der Waals surface area contributed by atoms with Crippen LogP contribution in [0.1, 0.15) is 0 Å². The average Bonchev–Trinajstić information content (AvgIpc) is 3.63. The largest absolute Gasteiger partial charge is 0.416 e. The second-order valence-corrected chi connectivity index (χ2v) is 20.3. The summed E-state index contributed by atoms with van der Waals surface area (Å²) in [5, 5.41) is 8.90. The minimum atomic E-state index is -1.13. The standard InChI is InChI=1S/C42H36N4OS2/c1-48(2)37-17-9-5-13-33(37)45(34-14-6-10-18-38(34)48)31-25-21-29(22-26-31)41-43-44-42(47-41)30-23-27-32(28-24-30)46-35-15-7-11-19-39(35)49(3,4)40-20-12-8-16-36(40)46/h5-28H,1-4H3. The van der Waals surface area contributed by atoms with E-state index in [-0.39, 0.29) is 0 Å². The summed E-state index contributed by atoms with van der Waals surface area (Å²) in [5.74, 6) is 1.000. The van der Waals surface area contributed by atoms with Gasteiger partial charge < -0.3 is 14.2 Å². The zero-order valence-corrected chi connectivity index (χ0v) is 29.5. The first kappa shape index (κ1) is 29.9. The Hall–Kier alpha value is -5.24. The van der Waals surface area contributed by atoms with E-state index >= 15 is 0 Å². The smallest absolute Gasteiger partial charge is 0.248 e. The number of para-hydroxylation sites is 4. The molecule has 3 heterocycles. The summed E-state index contributed by atoms with van der Waals surface area (Å²) in [6.45, 7) is 0. The molecule has 2 aliphatic heterocycles. The van der Waals surface area contributed by atoms with Gasteiger partial charge in [0.25, 0.3) is 0 Å². The van der Waals surface area contributed by atoms with E-state index < -0.39 is 20.1 Å². The molecule has 0 amide bonds. The minimum absolute atomic E-state index is 0.500. The molecule has 7 heteroatoms. The van der Waals surface area contributed by atoms with E-state index in [9.17, 15) is 0 Å². The maximum absolute atomic E-state index is 6.26. The number of benzene rings is 6. The van der Waals surface area contributed by atoms with Crippen molar-refractivity contribution in [2.75, 3.05) is 34.8 Å². The molecule has 5 nitrogen and oxygen atoms in total. The molecule has 0 unspecified atom stereocenters. The lowest BCUT2D eigenvalue weighted by Gasteiger charge is -2.45. The number of nitrogens with zero attached hydrogens (tertiary/aromatic N) is 4. The van der Waals surface area contributed by atoms with Gasteiger partial charge in [-0.15, -0.1) is 10.2 Å². The van der Waals surface area contributed by atoms with Crippen LogP contribution in [0.15, 0.2) is 170 Å². The molecule has 0 atom stereocenters. The van der Waals surface area contributed by atoms with Gasteiger partial charge in [0.15, 0.2) is 0 Å². The van der Waals surface area contributed by atoms with Crippen LogP contribution in [0.25, 0.3) is 22.9 Å². The van der Waals surface area contributed by atoms with Gasteiger partial charge in [-0.1, -0.05) is 48.5 Å². The number of aromatic nitrogens is 2. The van der Waals surface area contributed by atoms with Gasteiger partial charge in [0.1, 0.15) is 0 Å². The van der Waals surface area contributed by atoms with Gasteiger partial charge in [0, 0.05) is 42.1 Å². The predicted octanol–water partition coefficient (Wildman–Crippen LogP) is 11.9. The zero-order chi connectivity index (χ0) is 33.3. The maximum Gasteiger partial charge on any atom is 0.248 e. The van der Waals surface area contributed by atoms with Crippen molar-refractivity contribution in [3.8, 4) is 22.9 Å². The molecule has 1 aromatic heterocycles. The van der Waals surface area contributed by atoms with Crippen LogP contribution in [0, 0.1) is 0 Å².